The van der Waals surface area contributed by atoms with Crippen LogP contribution in [0, 0.1) is 12.7 Å². The third-order valence-electron chi connectivity index (χ3n) is 3.58. The Bertz CT molecular complexity index is 864. The first-order chi connectivity index (χ1) is 12.0. The van der Waals surface area contributed by atoms with Crippen molar-refractivity contribution < 1.29 is 18.3 Å². The van der Waals surface area contributed by atoms with Gasteiger partial charge in [0.25, 0.3) is 5.91 Å². The van der Waals surface area contributed by atoms with Crippen LogP contribution in [-0.4, -0.2) is 22.2 Å². The van der Waals surface area contributed by atoms with Gasteiger partial charge in [-0.3, -0.25) is 4.79 Å². The molecule has 0 radical (unpaired) electrons. The molecule has 1 N–H and O–H groups in total. The first-order valence-electron chi connectivity index (χ1n) is 7.63. The predicted molar refractivity (Wildman–Crippen MR) is 89.6 cm³/mol. The number of halogens is 1. The zero-order chi connectivity index (χ0) is 17.8. The summed E-state index contributed by atoms with van der Waals surface area (Å²) in [5.41, 5.74) is 1.65. The topological polar surface area (TPSA) is 77.2 Å². The first-order valence-corrected chi connectivity index (χ1v) is 7.63. The van der Waals surface area contributed by atoms with E-state index in [1.165, 1.54) is 12.5 Å². The molecular formula is C18H16FN3O3. The Morgan fingerprint density at radius 1 is 1.24 bits per heavy atom. The molecule has 1 heterocycles. The third-order valence-corrected chi connectivity index (χ3v) is 3.58. The van der Waals surface area contributed by atoms with Crippen molar-refractivity contribution in [2.24, 2.45) is 0 Å². The number of ether oxygens (including phenoxy) is 1. The van der Waals surface area contributed by atoms with E-state index in [2.05, 4.69) is 15.5 Å². The van der Waals surface area contributed by atoms with Crippen molar-refractivity contribution in [1.82, 2.24) is 10.2 Å². The summed E-state index contributed by atoms with van der Waals surface area (Å²) < 4.78 is 24.2. The van der Waals surface area contributed by atoms with Crippen molar-refractivity contribution in [2.45, 2.75) is 20.0 Å². The van der Waals surface area contributed by atoms with Gasteiger partial charge in [-0.1, -0.05) is 6.07 Å². The lowest BCUT2D eigenvalue weighted by Crippen LogP contribution is -2.30. The molecule has 0 fully saturated rings. The van der Waals surface area contributed by atoms with Gasteiger partial charge in [0, 0.05) is 11.3 Å². The maximum atomic E-state index is 13.5. The van der Waals surface area contributed by atoms with Crippen molar-refractivity contribution >= 4 is 11.6 Å². The molecule has 0 bridgehead atoms. The van der Waals surface area contributed by atoms with Crippen LogP contribution in [0.2, 0.25) is 0 Å². The van der Waals surface area contributed by atoms with Gasteiger partial charge in [-0.15, -0.1) is 10.2 Å². The number of benzene rings is 2. The molecule has 1 amide bonds. The molecule has 0 saturated carbocycles. The average Bonchev–Trinajstić information content (AvgIpc) is 3.13. The van der Waals surface area contributed by atoms with Crippen molar-refractivity contribution in [3.05, 3.63) is 60.2 Å². The molecule has 128 valence electrons. The summed E-state index contributed by atoms with van der Waals surface area (Å²) in [6.45, 7) is 3.27. The second-order valence-electron chi connectivity index (χ2n) is 5.48. The van der Waals surface area contributed by atoms with E-state index in [1.807, 2.05) is 0 Å². The van der Waals surface area contributed by atoms with Crippen LogP contribution in [0.3, 0.4) is 0 Å². The molecule has 3 aromatic rings. The molecule has 0 aliphatic rings. The van der Waals surface area contributed by atoms with Crippen LogP contribution < -0.4 is 10.1 Å². The van der Waals surface area contributed by atoms with E-state index in [0.717, 1.165) is 5.56 Å². The van der Waals surface area contributed by atoms with E-state index in [1.54, 1.807) is 50.2 Å². The zero-order valence-corrected chi connectivity index (χ0v) is 13.7. The Morgan fingerprint density at radius 3 is 2.64 bits per heavy atom. The minimum absolute atomic E-state index is 0.371. The molecule has 3 rings (SSSR count). The van der Waals surface area contributed by atoms with E-state index in [0.29, 0.717) is 22.9 Å². The molecule has 1 atom stereocenters. The molecule has 25 heavy (non-hydrogen) atoms. The van der Waals surface area contributed by atoms with Crippen LogP contribution >= 0.6 is 0 Å². The van der Waals surface area contributed by atoms with Crippen LogP contribution in [0.4, 0.5) is 10.1 Å². The SMILES string of the molecule is Cc1ccc(NC(=O)[C@H](C)Oc2ccc(-c3nnco3)cc2)cc1F. The summed E-state index contributed by atoms with van der Waals surface area (Å²) in [7, 11) is 0. The Kier molecular flexibility index (Phi) is 4.74. The lowest BCUT2D eigenvalue weighted by Gasteiger charge is -2.15. The van der Waals surface area contributed by atoms with Crippen LogP contribution in [0.1, 0.15) is 12.5 Å². The molecule has 2 aromatic carbocycles. The second kappa shape index (κ2) is 7.12. The van der Waals surface area contributed by atoms with Gasteiger partial charge in [-0.2, -0.15) is 0 Å². The summed E-state index contributed by atoms with van der Waals surface area (Å²) >= 11 is 0. The van der Waals surface area contributed by atoms with Crippen LogP contribution in [-0.2, 0) is 4.79 Å². The van der Waals surface area contributed by atoms with E-state index in [4.69, 9.17) is 9.15 Å². The number of amides is 1. The fourth-order valence-corrected chi connectivity index (χ4v) is 2.15. The molecule has 0 unspecified atom stereocenters. The number of nitrogens with zero attached hydrogens (tertiary/aromatic N) is 2. The Balaban J connectivity index is 1.62. The molecular weight excluding hydrogens is 325 g/mol. The summed E-state index contributed by atoms with van der Waals surface area (Å²) in [6.07, 6.45) is 0.499. The lowest BCUT2D eigenvalue weighted by atomic mass is 10.2. The highest BCUT2D eigenvalue weighted by Crippen LogP contribution is 2.21. The van der Waals surface area contributed by atoms with E-state index in [9.17, 15) is 9.18 Å². The number of carbonyl (C=O) groups excluding carboxylic acids is 1. The largest absolute Gasteiger partial charge is 0.481 e. The molecule has 7 heteroatoms. The first kappa shape index (κ1) is 16.6. The molecule has 0 aliphatic heterocycles. The standard InChI is InChI=1S/C18H16FN3O3/c1-11-3-6-14(9-16(11)19)21-17(23)12(2)25-15-7-4-13(5-8-15)18-22-20-10-24-18/h3-10,12H,1-2H3,(H,21,23)/t12-/m0/s1. The Labute approximate surface area is 143 Å². The lowest BCUT2D eigenvalue weighted by molar-refractivity contribution is -0.122. The van der Waals surface area contributed by atoms with Gasteiger partial charge in [-0.05, 0) is 55.8 Å². The molecule has 0 spiro atoms. The van der Waals surface area contributed by atoms with Gasteiger partial charge in [0.1, 0.15) is 11.6 Å². The molecule has 1 aromatic heterocycles. The maximum Gasteiger partial charge on any atom is 0.265 e. The summed E-state index contributed by atoms with van der Waals surface area (Å²) in [4.78, 5) is 12.2. The monoisotopic (exact) mass is 341 g/mol. The number of hydrogen-bond donors (Lipinski definition) is 1. The number of aromatic nitrogens is 2. The number of hydrogen-bond acceptors (Lipinski definition) is 5. The molecule has 0 aliphatic carbocycles. The Hall–Kier alpha value is -3.22. The van der Waals surface area contributed by atoms with Gasteiger partial charge in [-0.25, -0.2) is 4.39 Å². The maximum absolute atomic E-state index is 13.5. The van der Waals surface area contributed by atoms with Gasteiger partial charge in [0.05, 0.1) is 0 Å². The Morgan fingerprint density at radius 2 is 2.00 bits per heavy atom. The van der Waals surface area contributed by atoms with Crippen LogP contribution in [0.5, 0.6) is 5.75 Å². The molecule has 6 nitrogen and oxygen atoms in total. The predicted octanol–water partition coefficient (Wildman–Crippen LogP) is 3.59. The highest BCUT2D eigenvalue weighted by atomic mass is 19.1. The van der Waals surface area contributed by atoms with Crippen molar-refractivity contribution in [1.29, 1.82) is 0 Å². The van der Waals surface area contributed by atoms with Crippen molar-refractivity contribution in [3.63, 3.8) is 0 Å². The van der Waals surface area contributed by atoms with Crippen molar-refractivity contribution in [3.8, 4) is 17.2 Å². The average molecular weight is 341 g/mol. The van der Waals surface area contributed by atoms with E-state index >= 15 is 0 Å². The molecule has 0 saturated heterocycles. The van der Waals surface area contributed by atoms with Gasteiger partial charge in [0.15, 0.2) is 6.10 Å². The van der Waals surface area contributed by atoms with Crippen molar-refractivity contribution in [2.75, 3.05) is 5.32 Å². The summed E-state index contributed by atoms with van der Waals surface area (Å²) in [5.74, 6) is 0.173. The second-order valence-corrected chi connectivity index (χ2v) is 5.48. The number of aryl methyl sites for hydroxylation is 1. The van der Waals surface area contributed by atoms with Gasteiger partial charge < -0.3 is 14.5 Å². The smallest absolute Gasteiger partial charge is 0.265 e. The zero-order valence-electron chi connectivity index (χ0n) is 13.7. The quantitative estimate of drug-likeness (QED) is 0.767. The third kappa shape index (κ3) is 4.00. The van der Waals surface area contributed by atoms with Gasteiger partial charge >= 0.3 is 0 Å². The number of nitrogens with one attached hydrogen (secondary N) is 1. The summed E-state index contributed by atoms with van der Waals surface area (Å²) in [6, 6.07) is 11.4. The number of rotatable bonds is 5. The van der Waals surface area contributed by atoms with Crippen LogP contribution in [0.15, 0.2) is 53.3 Å². The fraction of sp³-hybridized carbons (Fsp3) is 0.167. The fourth-order valence-electron chi connectivity index (χ4n) is 2.15. The minimum Gasteiger partial charge on any atom is -0.481 e. The highest BCUT2D eigenvalue weighted by molar-refractivity contribution is 5.94. The van der Waals surface area contributed by atoms with Crippen LogP contribution in [0.25, 0.3) is 11.5 Å². The highest BCUT2D eigenvalue weighted by Gasteiger charge is 2.15. The number of carbonyl (C=O) groups is 1. The summed E-state index contributed by atoms with van der Waals surface area (Å²) in [5, 5.41) is 10.1. The normalized spacial score (nSPS) is 11.8. The van der Waals surface area contributed by atoms with Gasteiger partial charge in [0.2, 0.25) is 12.3 Å². The van der Waals surface area contributed by atoms with E-state index in [-0.39, 0.29) is 11.7 Å². The minimum atomic E-state index is -0.751. The van der Waals surface area contributed by atoms with E-state index < -0.39 is 6.10 Å². The number of anilines is 1.